The summed E-state index contributed by atoms with van der Waals surface area (Å²) in [5.74, 6) is 0.400. The quantitative estimate of drug-likeness (QED) is 0.885. The number of carbonyl (C=O) groups excluding carboxylic acids is 1. The fourth-order valence-corrected chi connectivity index (χ4v) is 1.94. The van der Waals surface area contributed by atoms with Crippen molar-refractivity contribution in [3.05, 3.63) is 23.1 Å². The Morgan fingerprint density at radius 2 is 2.44 bits per heavy atom. The van der Waals surface area contributed by atoms with E-state index < -0.39 is 0 Å². The van der Waals surface area contributed by atoms with Gasteiger partial charge in [-0.1, -0.05) is 0 Å². The van der Waals surface area contributed by atoms with Crippen LogP contribution in [0, 0.1) is 5.92 Å². The van der Waals surface area contributed by atoms with E-state index in [1.807, 2.05) is 6.92 Å². The van der Waals surface area contributed by atoms with Crippen LogP contribution in [-0.2, 0) is 4.74 Å². The molecule has 2 heterocycles. The number of ether oxygens (including phenoxy) is 1. The highest BCUT2D eigenvalue weighted by Gasteiger charge is 2.24. The molecule has 0 aromatic carbocycles. The van der Waals surface area contributed by atoms with Gasteiger partial charge in [0, 0.05) is 19.1 Å². The second-order valence-electron chi connectivity index (χ2n) is 3.94. The molecule has 1 aromatic heterocycles. The first-order valence-corrected chi connectivity index (χ1v) is 5.70. The van der Waals surface area contributed by atoms with Gasteiger partial charge in [-0.2, -0.15) is 0 Å². The number of hydrogen-bond acceptors (Lipinski definition) is 3. The normalized spacial score (nSPS) is 24.6. The van der Waals surface area contributed by atoms with Crippen molar-refractivity contribution in [2.75, 3.05) is 13.2 Å². The number of nitrogens with one attached hydrogen (secondary N) is 1. The molecule has 0 saturated carbocycles. The van der Waals surface area contributed by atoms with Crippen molar-refractivity contribution in [2.24, 2.45) is 5.92 Å². The Morgan fingerprint density at radius 3 is 3.00 bits per heavy atom. The summed E-state index contributed by atoms with van der Waals surface area (Å²) in [6.07, 6.45) is 1.20. The lowest BCUT2D eigenvalue weighted by Gasteiger charge is -2.13. The molecule has 2 rings (SSSR count). The lowest BCUT2D eigenvalue weighted by atomic mass is 10.0. The average Bonchev–Trinajstić information content (AvgIpc) is 2.84. The van der Waals surface area contributed by atoms with Crippen LogP contribution in [0.25, 0.3) is 0 Å². The summed E-state index contributed by atoms with van der Waals surface area (Å²) in [6, 6.07) is 3.12. The van der Waals surface area contributed by atoms with Gasteiger partial charge in [0.2, 0.25) is 0 Å². The van der Waals surface area contributed by atoms with E-state index in [9.17, 15) is 4.79 Å². The Kier molecular flexibility index (Phi) is 3.51. The molecule has 0 aliphatic carbocycles. The van der Waals surface area contributed by atoms with Crippen molar-refractivity contribution >= 4 is 17.5 Å². The summed E-state index contributed by atoms with van der Waals surface area (Å²) in [7, 11) is 0. The first kappa shape index (κ1) is 11.5. The van der Waals surface area contributed by atoms with E-state index in [2.05, 4.69) is 5.32 Å². The van der Waals surface area contributed by atoms with Crippen LogP contribution in [0.4, 0.5) is 0 Å². The van der Waals surface area contributed by atoms with Gasteiger partial charge in [0.05, 0.1) is 6.10 Å². The van der Waals surface area contributed by atoms with Crippen molar-refractivity contribution in [3.63, 3.8) is 0 Å². The SMILES string of the molecule is CC1OCCC1CNC(=O)c1ccc(Cl)o1. The highest BCUT2D eigenvalue weighted by atomic mass is 35.5. The summed E-state index contributed by atoms with van der Waals surface area (Å²) in [5.41, 5.74) is 0. The predicted octanol–water partition coefficient (Wildman–Crippen LogP) is 2.09. The molecule has 1 aromatic rings. The van der Waals surface area contributed by atoms with Gasteiger partial charge >= 0.3 is 0 Å². The molecule has 2 unspecified atom stereocenters. The minimum atomic E-state index is -0.231. The third kappa shape index (κ3) is 2.57. The molecule has 0 bridgehead atoms. The fourth-order valence-electron chi connectivity index (χ4n) is 1.79. The van der Waals surface area contributed by atoms with Crippen LogP contribution in [0.3, 0.4) is 0 Å². The van der Waals surface area contributed by atoms with Gasteiger partial charge in [-0.3, -0.25) is 4.79 Å². The van der Waals surface area contributed by atoms with Crippen LogP contribution in [0.1, 0.15) is 23.9 Å². The molecule has 0 spiro atoms. The minimum absolute atomic E-state index is 0.209. The van der Waals surface area contributed by atoms with Gasteiger partial charge in [-0.05, 0) is 37.1 Å². The largest absolute Gasteiger partial charge is 0.440 e. The van der Waals surface area contributed by atoms with Crippen LogP contribution in [-0.4, -0.2) is 25.2 Å². The first-order valence-electron chi connectivity index (χ1n) is 5.32. The Hall–Kier alpha value is -1.00. The summed E-state index contributed by atoms with van der Waals surface area (Å²) in [4.78, 5) is 11.6. The first-order chi connectivity index (χ1) is 7.66. The molecule has 1 amide bonds. The van der Waals surface area contributed by atoms with Crippen molar-refractivity contribution in [1.29, 1.82) is 0 Å². The zero-order valence-corrected chi connectivity index (χ0v) is 9.79. The summed E-state index contributed by atoms with van der Waals surface area (Å²) < 4.78 is 10.4. The second-order valence-corrected chi connectivity index (χ2v) is 4.31. The molecule has 16 heavy (non-hydrogen) atoms. The smallest absolute Gasteiger partial charge is 0.287 e. The predicted molar refractivity (Wildman–Crippen MR) is 59.6 cm³/mol. The van der Waals surface area contributed by atoms with Crippen LogP contribution in [0.5, 0.6) is 0 Å². The lowest BCUT2D eigenvalue weighted by molar-refractivity contribution is 0.0884. The molecular formula is C11H14ClNO3. The molecule has 5 heteroatoms. The molecule has 2 atom stereocenters. The van der Waals surface area contributed by atoms with Gasteiger partial charge in [-0.15, -0.1) is 0 Å². The number of hydrogen-bond donors (Lipinski definition) is 1. The van der Waals surface area contributed by atoms with Crippen molar-refractivity contribution in [3.8, 4) is 0 Å². The number of furan rings is 1. The highest BCUT2D eigenvalue weighted by molar-refractivity contribution is 6.29. The van der Waals surface area contributed by atoms with Crippen LogP contribution < -0.4 is 5.32 Å². The summed E-state index contributed by atoms with van der Waals surface area (Å²) in [6.45, 7) is 3.40. The van der Waals surface area contributed by atoms with E-state index in [1.165, 1.54) is 0 Å². The van der Waals surface area contributed by atoms with E-state index in [4.69, 9.17) is 20.8 Å². The maximum Gasteiger partial charge on any atom is 0.287 e. The summed E-state index contributed by atoms with van der Waals surface area (Å²) in [5, 5.41) is 3.04. The number of rotatable bonds is 3. The van der Waals surface area contributed by atoms with Crippen molar-refractivity contribution in [1.82, 2.24) is 5.32 Å². The van der Waals surface area contributed by atoms with Crippen LogP contribution >= 0.6 is 11.6 Å². The number of halogens is 1. The van der Waals surface area contributed by atoms with E-state index in [1.54, 1.807) is 12.1 Å². The van der Waals surface area contributed by atoms with E-state index in [0.717, 1.165) is 13.0 Å². The average molecular weight is 244 g/mol. The standard InChI is InChI=1S/C11H14ClNO3/c1-7-8(4-5-15-7)6-13-11(14)9-2-3-10(12)16-9/h2-3,7-8H,4-6H2,1H3,(H,13,14). The second kappa shape index (κ2) is 4.89. The molecule has 1 saturated heterocycles. The molecule has 88 valence electrons. The third-order valence-corrected chi connectivity index (χ3v) is 3.06. The number of amides is 1. The van der Waals surface area contributed by atoms with Gasteiger partial charge in [0.1, 0.15) is 0 Å². The summed E-state index contributed by atoms with van der Waals surface area (Å²) >= 11 is 5.59. The van der Waals surface area contributed by atoms with Crippen molar-refractivity contribution < 1.29 is 13.9 Å². The van der Waals surface area contributed by atoms with Crippen LogP contribution in [0.15, 0.2) is 16.5 Å². The molecule has 0 radical (unpaired) electrons. The van der Waals surface area contributed by atoms with Crippen molar-refractivity contribution in [2.45, 2.75) is 19.4 Å². The zero-order chi connectivity index (χ0) is 11.5. The van der Waals surface area contributed by atoms with Gasteiger partial charge in [-0.25, -0.2) is 0 Å². The molecule has 4 nitrogen and oxygen atoms in total. The lowest BCUT2D eigenvalue weighted by Crippen LogP contribution is -2.31. The van der Waals surface area contributed by atoms with Gasteiger partial charge < -0.3 is 14.5 Å². The van der Waals surface area contributed by atoms with Gasteiger partial charge in [0.15, 0.2) is 11.0 Å². The minimum Gasteiger partial charge on any atom is -0.440 e. The number of carbonyl (C=O) groups is 1. The van der Waals surface area contributed by atoms with E-state index in [-0.39, 0.29) is 23.0 Å². The monoisotopic (exact) mass is 243 g/mol. The Morgan fingerprint density at radius 1 is 1.62 bits per heavy atom. The van der Waals surface area contributed by atoms with E-state index >= 15 is 0 Å². The molecule has 1 aliphatic heterocycles. The van der Waals surface area contributed by atoms with E-state index in [0.29, 0.717) is 12.5 Å². The Bertz CT molecular complexity index is 377. The molecule has 1 fully saturated rings. The topological polar surface area (TPSA) is 51.5 Å². The molecular weight excluding hydrogens is 230 g/mol. The Balaban J connectivity index is 1.84. The fraction of sp³-hybridized carbons (Fsp3) is 0.545. The highest BCUT2D eigenvalue weighted by Crippen LogP contribution is 2.19. The van der Waals surface area contributed by atoms with Crippen LogP contribution in [0.2, 0.25) is 5.22 Å². The van der Waals surface area contributed by atoms with Gasteiger partial charge in [0.25, 0.3) is 5.91 Å². The maximum absolute atomic E-state index is 11.6. The molecule has 1 aliphatic rings. The third-order valence-electron chi connectivity index (χ3n) is 2.86. The Labute approximate surface area is 98.9 Å². The maximum atomic E-state index is 11.6. The zero-order valence-electron chi connectivity index (χ0n) is 9.03. The molecule has 1 N–H and O–H groups in total.